The number of carbonyl (C=O) groups excluding carboxylic acids is 1. The van der Waals surface area contributed by atoms with Gasteiger partial charge in [0.1, 0.15) is 0 Å². The van der Waals surface area contributed by atoms with E-state index in [2.05, 4.69) is 0 Å². The first kappa shape index (κ1) is 15.4. The van der Waals surface area contributed by atoms with Crippen LogP contribution in [-0.2, 0) is 15.1 Å². The van der Waals surface area contributed by atoms with Gasteiger partial charge in [0.2, 0.25) is 0 Å². The number of fused-ring (bicyclic) bond motifs is 5. The minimum absolute atomic E-state index is 0.0226. The zero-order chi connectivity index (χ0) is 16.9. The van der Waals surface area contributed by atoms with Crippen LogP contribution in [0, 0.1) is 0 Å². The molecule has 2 atom stereocenters. The van der Waals surface area contributed by atoms with Crippen LogP contribution >= 0.6 is 0 Å². The molecule has 2 heterocycles. The fraction of sp³-hybridized carbons (Fsp3) is 0.350. The number of ketones is 1. The van der Waals surface area contributed by atoms with E-state index >= 15 is 0 Å². The number of hydrogen-bond acceptors (Lipinski definition) is 4. The lowest BCUT2D eigenvalue weighted by atomic mass is 9.75. The van der Waals surface area contributed by atoms with Crippen LogP contribution in [0.1, 0.15) is 25.8 Å². The van der Waals surface area contributed by atoms with Gasteiger partial charge in [-0.15, -0.1) is 0 Å². The first-order valence-corrected chi connectivity index (χ1v) is 8.39. The summed E-state index contributed by atoms with van der Waals surface area (Å²) in [5.41, 5.74) is 2.63. The number of carbonyl (C=O) groups is 1. The van der Waals surface area contributed by atoms with Gasteiger partial charge in [0, 0.05) is 24.2 Å². The van der Waals surface area contributed by atoms with Crippen LogP contribution in [0.3, 0.4) is 0 Å². The van der Waals surface area contributed by atoms with Gasteiger partial charge in [-0.05, 0) is 30.2 Å². The number of aliphatic hydroxyl groups is 1. The maximum absolute atomic E-state index is 13.1. The van der Waals surface area contributed by atoms with E-state index in [0.29, 0.717) is 19.6 Å². The molecule has 1 fully saturated rings. The van der Waals surface area contributed by atoms with Gasteiger partial charge in [-0.2, -0.15) is 0 Å². The Bertz CT molecular complexity index is 800. The van der Waals surface area contributed by atoms with E-state index in [-0.39, 0.29) is 5.78 Å². The fourth-order valence-corrected chi connectivity index (χ4v) is 4.26. The third-order valence-electron chi connectivity index (χ3n) is 5.29. The average Bonchev–Trinajstić information content (AvgIpc) is 2.86. The summed E-state index contributed by atoms with van der Waals surface area (Å²) in [5, 5.41) is 11.1. The normalized spacial score (nSPS) is 27.9. The molecule has 4 heteroatoms. The second kappa shape index (κ2) is 5.16. The molecule has 0 radical (unpaired) electrons. The van der Waals surface area contributed by atoms with Crippen LogP contribution in [0.25, 0.3) is 11.1 Å². The monoisotopic (exact) mass is 323 g/mol. The standard InChI is InChI=1S/C20H21NO3/c1-3-18(22)20-17-13-15(21(20)11-12-24-19(20,2)23)9-10-16(17)14-7-5-4-6-8-14/h4-10,13,23H,3,11-12H2,1-2H3. The lowest BCUT2D eigenvalue weighted by Gasteiger charge is -2.52. The molecule has 1 saturated heterocycles. The van der Waals surface area contributed by atoms with Crippen molar-refractivity contribution in [3.8, 4) is 11.1 Å². The summed E-state index contributed by atoms with van der Waals surface area (Å²) in [5.74, 6) is -1.59. The number of morpholine rings is 1. The van der Waals surface area contributed by atoms with Crippen molar-refractivity contribution in [1.29, 1.82) is 0 Å². The van der Waals surface area contributed by atoms with Gasteiger partial charge in [-0.3, -0.25) is 4.79 Å². The highest BCUT2D eigenvalue weighted by Gasteiger charge is 2.63. The van der Waals surface area contributed by atoms with E-state index in [1.54, 1.807) is 6.92 Å². The number of Topliss-reactive ketones (excluding diaryl/α,β-unsaturated/α-hetero) is 1. The van der Waals surface area contributed by atoms with Gasteiger partial charge >= 0.3 is 0 Å². The Balaban J connectivity index is 2.01. The summed E-state index contributed by atoms with van der Waals surface area (Å²) in [4.78, 5) is 15.1. The molecule has 2 unspecified atom stereocenters. The smallest absolute Gasteiger partial charge is 0.198 e. The molecule has 24 heavy (non-hydrogen) atoms. The maximum atomic E-state index is 13.1. The van der Waals surface area contributed by atoms with Crippen molar-refractivity contribution in [1.82, 2.24) is 0 Å². The molecule has 1 N–H and O–H groups in total. The van der Waals surface area contributed by atoms with Crippen molar-refractivity contribution in [3.05, 3.63) is 54.1 Å². The van der Waals surface area contributed by atoms with Gasteiger partial charge in [-0.25, -0.2) is 0 Å². The zero-order valence-electron chi connectivity index (χ0n) is 14.0. The summed E-state index contributed by atoms with van der Waals surface area (Å²) in [6.45, 7) is 4.43. The van der Waals surface area contributed by atoms with Crippen LogP contribution in [0.5, 0.6) is 0 Å². The summed E-state index contributed by atoms with van der Waals surface area (Å²) in [7, 11) is 0. The predicted octanol–water partition coefficient (Wildman–Crippen LogP) is 3.09. The van der Waals surface area contributed by atoms with Crippen molar-refractivity contribution in [2.24, 2.45) is 0 Å². The van der Waals surface area contributed by atoms with Crippen molar-refractivity contribution in [2.45, 2.75) is 31.6 Å². The van der Waals surface area contributed by atoms with Crippen LogP contribution in [0.2, 0.25) is 0 Å². The third kappa shape index (κ3) is 1.78. The SMILES string of the molecule is CCC(=O)C12c3cc(ccc3-c3ccccc3)N1CCOC2(C)O. The lowest BCUT2D eigenvalue weighted by molar-refractivity contribution is -0.245. The Morgan fingerprint density at radius 3 is 2.71 bits per heavy atom. The number of benzene rings is 2. The van der Waals surface area contributed by atoms with E-state index in [1.165, 1.54) is 0 Å². The number of nitrogens with zero attached hydrogens (tertiary/aromatic N) is 1. The molecule has 2 aromatic carbocycles. The highest BCUT2D eigenvalue weighted by atomic mass is 16.6. The largest absolute Gasteiger partial charge is 0.363 e. The van der Waals surface area contributed by atoms with Crippen molar-refractivity contribution in [2.75, 3.05) is 18.1 Å². The van der Waals surface area contributed by atoms with Crippen LogP contribution < -0.4 is 4.90 Å². The van der Waals surface area contributed by atoms with Gasteiger partial charge in [0.15, 0.2) is 17.1 Å². The highest BCUT2D eigenvalue weighted by molar-refractivity contribution is 5.99. The van der Waals surface area contributed by atoms with E-state index < -0.39 is 11.3 Å². The molecule has 4 rings (SSSR count). The Hall–Kier alpha value is -2.17. The van der Waals surface area contributed by atoms with Crippen LogP contribution in [-0.4, -0.2) is 29.8 Å². The predicted molar refractivity (Wildman–Crippen MR) is 92.8 cm³/mol. The number of anilines is 1. The summed E-state index contributed by atoms with van der Waals surface area (Å²) in [6.07, 6.45) is 0.336. The second-order valence-electron chi connectivity index (χ2n) is 6.57. The summed E-state index contributed by atoms with van der Waals surface area (Å²) in [6, 6.07) is 16.1. The van der Waals surface area contributed by atoms with Gasteiger partial charge in [0.05, 0.1) is 6.61 Å². The molecule has 0 spiro atoms. The second-order valence-corrected chi connectivity index (χ2v) is 6.57. The fourth-order valence-electron chi connectivity index (χ4n) is 4.26. The van der Waals surface area contributed by atoms with Crippen molar-refractivity contribution in [3.63, 3.8) is 0 Å². The Morgan fingerprint density at radius 2 is 2.00 bits per heavy atom. The summed E-state index contributed by atoms with van der Waals surface area (Å²) < 4.78 is 5.70. The van der Waals surface area contributed by atoms with E-state index in [4.69, 9.17) is 4.74 Å². The van der Waals surface area contributed by atoms with Gasteiger partial charge in [0.25, 0.3) is 0 Å². The molecule has 4 nitrogen and oxygen atoms in total. The lowest BCUT2D eigenvalue weighted by Crippen LogP contribution is -2.68. The van der Waals surface area contributed by atoms with E-state index in [0.717, 1.165) is 22.4 Å². The molecule has 2 bridgehead atoms. The van der Waals surface area contributed by atoms with Crippen molar-refractivity contribution >= 4 is 11.5 Å². The van der Waals surface area contributed by atoms with Gasteiger partial charge < -0.3 is 14.7 Å². The van der Waals surface area contributed by atoms with Crippen molar-refractivity contribution < 1.29 is 14.6 Å². The topological polar surface area (TPSA) is 49.8 Å². The Kier molecular flexibility index (Phi) is 3.31. The summed E-state index contributed by atoms with van der Waals surface area (Å²) >= 11 is 0. The van der Waals surface area contributed by atoms with E-state index in [1.807, 2.05) is 60.4 Å². The molecule has 2 aliphatic heterocycles. The molecule has 2 aliphatic rings. The molecule has 2 aromatic rings. The molecular weight excluding hydrogens is 302 g/mol. The number of rotatable bonds is 3. The molecule has 0 aliphatic carbocycles. The van der Waals surface area contributed by atoms with Crippen LogP contribution in [0.4, 0.5) is 5.69 Å². The molecule has 0 saturated carbocycles. The van der Waals surface area contributed by atoms with E-state index in [9.17, 15) is 9.90 Å². The highest BCUT2D eigenvalue weighted by Crippen LogP contribution is 2.54. The number of ether oxygens (including phenoxy) is 1. The maximum Gasteiger partial charge on any atom is 0.198 e. The minimum Gasteiger partial charge on any atom is -0.363 e. The average molecular weight is 323 g/mol. The first-order valence-electron chi connectivity index (χ1n) is 8.39. The number of hydrogen-bond donors (Lipinski definition) is 1. The Labute approximate surface area is 141 Å². The zero-order valence-corrected chi connectivity index (χ0v) is 14.0. The first-order chi connectivity index (χ1) is 11.5. The van der Waals surface area contributed by atoms with Crippen LogP contribution in [0.15, 0.2) is 48.5 Å². The molecular formula is C20H21NO3. The van der Waals surface area contributed by atoms with Gasteiger partial charge in [-0.1, -0.05) is 43.3 Å². The third-order valence-corrected chi connectivity index (χ3v) is 5.29. The molecule has 0 aromatic heterocycles. The minimum atomic E-state index is -1.57. The quantitative estimate of drug-likeness (QED) is 0.943. The Morgan fingerprint density at radius 1 is 1.25 bits per heavy atom. The molecule has 124 valence electrons. The molecule has 0 amide bonds.